The van der Waals surface area contributed by atoms with Crippen LogP contribution in [0.15, 0.2) is 54.6 Å². The Bertz CT molecular complexity index is 3060. The summed E-state index contributed by atoms with van der Waals surface area (Å²) in [6, 6.07) is 11.0. The molecule has 0 unspecified atom stereocenters. The topological polar surface area (TPSA) is 321 Å². The number of phenolic OH excluding ortho intramolecular Hbond substituents is 1. The molecule has 5 rings (SSSR count). The third-order valence-electron chi connectivity index (χ3n) is 12.5. The summed E-state index contributed by atoms with van der Waals surface area (Å²) in [5, 5.41) is 39.7. The highest BCUT2D eigenvalue weighted by Crippen LogP contribution is 2.43. The van der Waals surface area contributed by atoms with Gasteiger partial charge >= 0.3 is 12.2 Å². The molecule has 0 saturated carbocycles. The van der Waals surface area contributed by atoms with E-state index >= 15 is 4.79 Å². The minimum absolute atomic E-state index is 0.00599. The molecule has 23 nitrogen and oxygen atoms in total. The van der Waals surface area contributed by atoms with E-state index in [9.17, 15) is 43.9 Å². The van der Waals surface area contributed by atoms with Gasteiger partial charge in [0, 0.05) is 43.6 Å². The molecule has 4 atom stereocenters. The number of anilines is 1. The number of hydrogen-bond acceptors (Lipinski definition) is 15. The summed E-state index contributed by atoms with van der Waals surface area (Å²) in [6.07, 6.45) is -2.01. The highest BCUT2D eigenvalue weighted by Gasteiger charge is 2.37. The molecule has 0 aliphatic carbocycles. The summed E-state index contributed by atoms with van der Waals surface area (Å²) in [4.78, 5) is 121. The average molecular weight is 1120 g/mol. The number of hydrogen-bond donors (Lipinski definition) is 8. The SMILES string of the molecule is CC(=O)Nc1cc2cc(c1O)-c1cc(ccc1OCCNC(=O)OC(C)(C)C)[C@H](N(C)C(=O)[C@H](CCNC(=O)OC(C)(C)C)NC(=O)c1c(C)nc(-c3ccc(C(C)(C)C)cc3)nc1C)C(=O)N[C@@H](C)C(=O)N[C@H](C(=O)NCC#N)C2. The Morgan fingerprint density at radius 1 is 0.815 bits per heavy atom. The van der Waals surface area contributed by atoms with Crippen LogP contribution in [0.5, 0.6) is 11.5 Å². The Kier molecular flexibility index (Phi) is 20.6. The Morgan fingerprint density at radius 2 is 1.42 bits per heavy atom. The average Bonchev–Trinajstić information content (AvgIpc) is 3.35. The second-order valence-electron chi connectivity index (χ2n) is 22.6. The lowest BCUT2D eigenvalue weighted by Gasteiger charge is -2.33. The van der Waals surface area contributed by atoms with E-state index in [2.05, 4.69) is 68.0 Å². The van der Waals surface area contributed by atoms with Gasteiger partial charge in [-0.1, -0.05) is 51.1 Å². The third kappa shape index (κ3) is 17.6. The number of ether oxygens (including phenoxy) is 3. The Morgan fingerprint density at radius 3 is 1.99 bits per heavy atom. The van der Waals surface area contributed by atoms with Gasteiger partial charge in [-0.3, -0.25) is 28.8 Å². The number of aromatic nitrogens is 2. The third-order valence-corrected chi connectivity index (χ3v) is 12.5. The molecule has 0 radical (unpaired) electrons. The fourth-order valence-corrected chi connectivity index (χ4v) is 8.67. The molecule has 3 aromatic carbocycles. The number of likely N-dealkylation sites (N-methyl/N-ethyl adjacent to an activating group) is 1. The molecular formula is C58H75N11O12. The molecule has 2 heterocycles. The van der Waals surface area contributed by atoms with Crippen molar-refractivity contribution < 1.29 is 57.7 Å². The van der Waals surface area contributed by atoms with Gasteiger partial charge in [-0.05, 0) is 115 Å². The van der Waals surface area contributed by atoms with Crippen LogP contribution in [0.2, 0.25) is 0 Å². The van der Waals surface area contributed by atoms with Gasteiger partial charge in [0.05, 0.1) is 35.3 Å². The number of nitrogens with one attached hydrogen (secondary N) is 7. The molecule has 0 saturated heterocycles. The molecule has 1 aliphatic rings. The molecule has 23 heteroatoms. The Hall–Kier alpha value is -8.81. The zero-order chi connectivity index (χ0) is 60.3. The summed E-state index contributed by atoms with van der Waals surface area (Å²) < 4.78 is 17.0. The number of alkyl carbamates (subject to hydrolysis) is 2. The smallest absolute Gasteiger partial charge is 0.407 e. The molecule has 4 aromatic rings. The molecule has 0 fully saturated rings. The molecule has 8 amide bonds. The van der Waals surface area contributed by atoms with Crippen molar-refractivity contribution in [1.82, 2.24) is 46.8 Å². The zero-order valence-corrected chi connectivity index (χ0v) is 48.5. The van der Waals surface area contributed by atoms with Crippen LogP contribution in [0.1, 0.15) is 127 Å². The Balaban J connectivity index is 1.66. The van der Waals surface area contributed by atoms with E-state index in [0.29, 0.717) is 28.3 Å². The van der Waals surface area contributed by atoms with Crippen LogP contribution in [-0.2, 0) is 45.3 Å². The quantitative estimate of drug-likeness (QED) is 0.0403. The molecule has 1 aliphatic heterocycles. The first kappa shape index (κ1) is 63.0. The first-order chi connectivity index (χ1) is 37.8. The van der Waals surface area contributed by atoms with Crippen LogP contribution in [0.3, 0.4) is 0 Å². The van der Waals surface area contributed by atoms with Gasteiger partial charge in [0.1, 0.15) is 60.0 Å². The zero-order valence-electron chi connectivity index (χ0n) is 48.5. The summed E-state index contributed by atoms with van der Waals surface area (Å²) in [5.41, 5.74) is 1.08. The monoisotopic (exact) mass is 1120 g/mol. The fraction of sp³-hybridized carbons (Fsp3) is 0.466. The number of fused-ring (bicyclic) bond motifs is 5. The maximum atomic E-state index is 15.3. The lowest BCUT2D eigenvalue weighted by atomic mass is 9.86. The molecule has 8 N–H and O–H groups in total. The van der Waals surface area contributed by atoms with Crippen LogP contribution in [0.25, 0.3) is 22.5 Å². The number of nitriles is 1. The van der Waals surface area contributed by atoms with Crippen molar-refractivity contribution in [1.29, 1.82) is 5.26 Å². The van der Waals surface area contributed by atoms with Gasteiger partial charge in [-0.2, -0.15) is 5.26 Å². The second kappa shape index (κ2) is 26.4. The van der Waals surface area contributed by atoms with Crippen molar-refractivity contribution in [2.45, 2.75) is 144 Å². The minimum atomic E-state index is -1.65. The van der Waals surface area contributed by atoms with Crippen molar-refractivity contribution in [3.8, 4) is 40.1 Å². The summed E-state index contributed by atoms with van der Waals surface area (Å²) in [6.45, 7) is 21.4. The molecule has 0 spiro atoms. The predicted octanol–water partition coefficient (Wildman–Crippen LogP) is 5.69. The van der Waals surface area contributed by atoms with Gasteiger partial charge in [0.15, 0.2) is 5.82 Å². The van der Waals surface area contributed by atoms with Crippen LogP contribution in [-0.4, -0.2) is 130 Å². The Labute approximate surface area is 472 Å². The van der Waals surface area contributed by atoms with E-state index in [1.165, 1.54) is 51.2 Å². The van der Waals surface area contributed by atoms with Crippen LogP contribution in [0.4, 0.5) is 15.3 Å². The van der Waals surface area contributed by atoms with Gasteiger partial charge in [-0.15, -0.1) is 0 Å². The van der Waals surface area contributed by atoms with Gasteiger partial charge in [0.25, 0.3) is 5.91 Å². The molecule has 4 bridgehead atoms. The normalized spacial score (nSPS) is 15.9. The van der Waals surface area contributed by atoms with Gasteiger partial charge in [-0.25, -0.2) is 19.6 Å². The molecule has 1 aromatic heterocycles. The van der Waals surface area contributed by atoms with E-state index < -0.39 is 95.3 Å². The number of aryl methyl sites for hydroxylation is 2. The standard InChI is InChI=1S/C58H75N11O12/c1-31-45(32(2)64-48(63-31)36-15-18-38(19-16-36)56(5,6)7)51(74)67-41(21-23-61-54(77)80-57(8,9)10)53(76)69(14)46-37-17-20-44(79-26-25-62-55(78)81-58(11,12)13)39(30-37)40-27-35(28-42(47(40)71)66-34(4)70)29-43(50(73)60-24-22-59)68-49(72)33(3)65-52(46)75/h15-20,27-28,30,33,41,43,46,71H,21,23-26,29H2,1-14H3,(H,60,73)(H,61,77)(H,62,78)(H,65,75)(H,66,70)(H,67,74)(H,68,72)/t33-,41-,43-,46-/m0/s1. The van der Waals surface area contributed by atoms with E-state index in [1.54, 1.807) is 55.4 Å². The van der Waals surface area contributed by atoms with Gasteiger partial charge in [0.2, 0.25) is 29.5 Å². The summed E-state index contributed by atoms with van der Waals surface area (Å²) in [7, 11) is 1.30. The first-order valence-electron chi connectivity index (χ1n) is 26.4. The van der Waals surface area contributed by atoms with E-state index in [-0.39, 0.29) is 71.6 Å². The first-order valence-corrected chi connectivity index (χ1v) is 26.4. The highest BCUT2D eigenvalue weighted by molar-refractivity contribution is 6.01. The van der Waals surface area contributed by atoms with Gasteiger partial charge < -0.3 is 61.4 Å². The summed E-state index contributed by atoms with van der Waals surface area (Å²) >= 11 is 0. The number of rotatable bonds is 15. The number of phenols is 1. The van der Waals surface area contributed by atoms with Crippen LogP contribution >= 0.6 is 0 Å². The number of benzene rings is 3. The van der Waals surface area contributed by atoms with E-state index in [4.69, 9.17) is 14.2 Å². The lowest BCUT2D eigenvalue weighted by molar-refractivity contribution is -0.141. The highest BCUT2D eigenvalue weighted by atomic mass is 16.6. The molecule has 434 valence electrons. The van der Waals surface area contributed by atoms with E-state index in [1.807, 2.05) is 30.3 Å². The number of aromatic hydroxyl groups is 1. The van der Waals surface area contributed by atoms with Crippen molar-refractivity contribution in [3.63, 3.8) is 0 Å². The van der Waals surface area contributed by atoms with Crippen LogP contribution in [0, 0.1) is 25.2 Å². The largest absolute Gasteiger partial charge is 0.505 e. The second-order valence-corrected chi connectivity index (χ2v) is 22.6. The van der Waals surface area contributed by atoms with Crippen molar-refractivity contribution >= 4 is 53.3 Å². The van der Waals surface area contributed by atoms with Crippen molar-refractivity contribution in [2.24, 2.45) is 0 Å². The maximum Gasteiger partial charge on any atom is 0.407 e. The number of carbonyl (C=O) groups excluding carboxylic acids is 8. The maximum absolute atomic E-state index is 15.3. The number of carbonyl (C=O) groups is 8. The minimum Gasteiger partial charge on any atom is -0.505 e. The predicted molar refractivity (Wildman–Crippen MR) is 301 cm³/mol. The van der Waals surface area contributed by atoms with Crippen molar-refractivity contribution in [3.05, 3.63) is 88.2 Å². The molecule has 81 heavy (non-hydrogen) atoms. The van der Waals surface area contributed by atoms with E-state index in [0.717, 1.165) is 10.5 Å². The number of nitrogens with zero attached hydrogens (tertiary/aromatic N) is 4. The lowest BCUT2D eigenvalue weighted by Crippen LogP contribution is -2.56. The van der Waals surface area contributed by atoms with Crippen molar-refractivity contribution in [2.75, 3.05) is 38.6 Å². The van der Waals surface area contributed by atoms with Crippen LogP contribution < -0.4 is 42.0 Å². The summed E-state index contributed by atoms with van der Waals surface area (Å²) in [5.74, 6) is -4.73. The fourth-order valence-electron chi connectivity index (χ4n) is 8.67. The molecular weight excluding hydrogens is 1040 g/mol. The number of amides is 8.